The highest BCUT2D eigenvalue weighted by molar-refractivity contribution is 6.06. The van der Waals surface area contributed by atoms with Crippen molar-refractivity contribution in [3.05, 3.63) is 66.9 Å². The van der Waals surface area contributed by atoms with Crippen molar-refractivity contribution in [1.82, 2.24) is 0 Å². The van der Waals surface area contributed by atoms with Gasteiger partial charge in [0.25, 0.3) is 0 Å². The van der Waals surface area contributed by atoms with Crippen molar-refractivity contribution < 1.29 is 0 Å². The molecule has 0 radical (unpaired) electrons. The van der Waals surface area contributed by atoms with Gasteiger partial charge in [-0.3, -0.25) is 0 Å². The molecule has 0 atom stereocenters. The quantitative estimate of drug-likeness (QED) is 0.481. The zero-order valence-corrected chi connectivity index (χ0v) is 12.0. The van der Waals surface area contributed by atoms with Crippen LogP contribution in [0.2, 0.25) is 0 Å². The maximum atomic E-state index is 6.03. The van der Waals surface area contributed by atoms with Crippen molar-refractivity contribution >= 4 is 27.8 Å². The summed E-state index contributed by atoms with van der Waals surface area (Å²) in [5.74, 6) is 0. The van der Waals surface area contributed by atoms with Crippen LogP contribution in [0.4, 0.5) is 17.1 Å². The number of azo groups is 1. The van der Waals surface area contributed by atoms with Crippen LogP contribution in [-0.4, -0.2) is 0 Å². The molecule has 0 spiro atoms. The number of rotatable bonds is 4. The molecular weight excluding hydrogens is 260 g/mol. The van der Waals surface area contributed by atoms with Crippen molar-refractivity contribution in [1.29, 1.82) is 0 Å². The Bertz CT molecular complexity index is 755. The minimum absolute atomic E-state index is 0.563. The lowest BCUT2D eigenvalue weighted by Crippen LogP contribution is -1.91. The molecular formula is C17H18N4. The van der Waals surface area contributed by atoms with Gasteiger partial charge in [-0.25, -0.2) is 0 Å². The molecule has 4 N–H and O–H groups in total. The van der Waals surface area contributed by atoms with Gasteiger partial charge in [-0.2, -0.15) is 5.11 Å². The van der Waals surface area contributed by atoms with Gasteiger partial charge in [0, 0.05) is 22.1 Å². The van der Waals surface area contributed by atoms with E-state index in [1.54, 1.807) is 18.2 Å². The van der Waals surface area contributed by atoms with E-state index in [4.69, 9.17) is 11.5 Å². The van der Waals surface area contributed by atoms with Crippen LogP contribution < -0.4 is 11.5 Å². The average Bonchev–Trinajstić information content (AvgIpc) is 2.47. The van der Waals surface area contributed by atoms with Gasteiger partial charge in [-0.05, 0) is 31.2 Å². The third-order valence-electron chi connectivity index (χ3n) is 2.96. The molecule has 2 rings (SSSR count). The molecule has 0 heterocycles. The molecule has 106 valence electrons. The maximum absolute atomic E-state index is 6.03. The van der Waals surface area contributed by atoms with Gasteiger partial charge in [0.2, 0.25) is 0 Å². The van der Waals surface area contributed by atoms with Crippen molar-refractivity contribution in [2.75, 3.05) is 11.5 Å². The average molecular weight is 278 g/mol. The molecule has 0 aliphatic heterocycles. The summed E-state index contributed by atoms with van der Waals surface area (Å²) in [6.07, 6.45) is 7.47. The summed E-state index contributed by atoms with van der Waals surface area (Å²) in [4.78, 5) is 0. The van der Waals surface area contributed by atoms with Gasteiger partial charge in [0.15, 0.2) is 0 Å². The molecule has 0 aliphatic carbocycles. The first-order valence-electron chi connectivity index (χ1n) is 6.60. The first kappa shape index (κ1) is 14.5. The van der Waals surface area contributed by atoms with E-state index in [1.807, 2.05) is 43.4 Å². The topological polar surface area (TPSA) is 76.8 Å². The summed E-state index contributed by atoms with van der Waals surface area (Å²) >= 11 is 0. The van der Waals surface area contributed by atoms with Gasteiger partial charge < -0.3 is 11.5 Å². The Kier molecular flexibility index (Phi) is 4.51. The second-order valence-corrected chi connectivity index (χ2v) is 4.52. The minimum atomic E-state index is 0.563. The summed E-state index contributed by atoms with van der Waals surface area (Å²) < 4.78 is 0. The third-order valence-corrected chi connectivity index (χ3v) is 2.96. The van der Waals surface area contributed by atoms with E-state index in [-0.39, 0.29) is 0 Å². The molecule has 0 aromatic heterocycles. The van der Waals surface area contributed by atoms with Crippen molar-refractivity contribution in [2.24, 2.45) is 10.2 Å². The van der Waals surface area contributed by atoms with Gasteiger partial charge >= 0.3 is 0 Å². The van der Waals surface area contributed by atoms with Crippen LogP contribution in [0.1, 0.15) is 6.92 Å². The molecule has 0 aliphatic rings. The van der Waals surface area contributed by atoms with Crippen molar-refractivity contribution in [2.45, 2.75) is 6.92 Å². The summed E-state index contributed by atoms with van der Waals surface area (Å²) in [6.45, 7) is 5.77. The number of nitrogen functional groups attached to an aromatic ring is 2. The highest BCUT2D eigenvalue weighted by Crippen LogP contribution is 2.34. The van der Waals surface area contributed by atoms with Crippen molar-refractivity contribution in [3.63, 3.8) is 0 Å². The lowest BCUT2D eigenvalue weighted by Gasteiger charge is -2.07. The summed E-state index contributed by atoms with van der Waals surface area (Å²) in [5, 5.41) is 10.0. The van der Waals surface area contributed by atoms with Crippen molar-refractivity contribution in [3.8, 4) is 0 Å². The normalized spacial score (nSPS) is 12.0. The highest BCUT2D eigenvalue weighted by Gasteiger charge is 2.06. The molecule has 0 unspecified atom stereocenters. The summed E-state index contributed by atoms with van der Waals surface area (Å²) in [5.41, 5.74) is 14.5. The number of nitrogens with two attached hydrogens (primary N) is 2. The van der Waals surface area contributed by atoms with E-state index in [9.17, 15) is 0 Å². The van der Waals surface area contributed by atoms with Crippen LogP contribution in [-0.2, 0) is 0 Å². The predicted molar refractivity (Wildman–Crippen MR) is 90.4 cm³/mol. The smallest absolute Gasteiger partial charge is 0.0957 e. The summed E-state index contributed by atoms with van der Waals surface area (Å²) in [6, 6.07) is 9.21. The fourth-order valence-electron chi connectivity index (χ4n) is 1.95. The SMILES string of the molecule is C=C(/C=C\C=C/C)N=Nc1ccc(N)c2cccc(N)c12. The lowest BCUT2D eigenvalue weighted by atomic mass is 10.1. The van der Waals surface area contributed by atoms with E-state index in [2.05, 4.69) is 16.8 Å². The maximum Gasteiger partial charge on any atom is 0.0957 e. The molecule has 0 saturated heterocycles. The van der Waals surface area contributed by atoms with Crippen LogP contribution in [0.5, 0.6) is 0 Å². The number of benzene rings is 2. The number of hydrogen-bond donors (Lipinski definition) is 2. The van der Waals surface area contributed by atoms with E-state index >= 15 is 0 Å². The number of fused-ring (bicyclic) bond motifs is 1. The Morgan fingerprint density at radius 2 is 1.90 bits per heavy atom. The summed E-state index contributed by atoms with van der Waals surface area (Å²) in [7, 11) is 0. The second-order valence-electron chi connectivity index (χ2n) is 4.52. The minimum Gasteiger partial charge on any atom is -0.398 e. The largest absolute Gasteiger partial charge is 0.398 e. The van der Waals surface area contributed by atoms with E-state index in [0.717, 1.165) is 10.8 Å². The van der Waals surface area contributed by atoms with Gasteiger partial charge in [-0.1, -0.05) is 36.9 Å². The molecule has 2 aromatic rings. The molecule has 2 aromatic carbocycles. The molecule has 4 heteroatoms. The Morgan fingerprint density at radius 1 is 1.10 bits per heavy atom. The van der Waals surface area contributed by atoms with Gasteiger partial charge in [-0.15, -0.1) is 5.11 Å². The zero-order valence-electron chi connectivity index (χ0n) is 12.0. The lowest BCUT2D eigenvalue weighted by molar-refractivity contribution is 1.19. The molecule has 0 bridgehead atoms. The Balaban J connectivity index is 2.39. The first-order chi connectivity index (χ1) is 10.1. The Labute approximate surface area is 124 Å². The van der Waals surface area contributed by atoms with E-state index in [1.165, 1.54) is 0 Å². The van der Waals surface area contributed by atoms with Crippen LogP contribution in [0.25, 0.3) is 10.8 Å². The highest BCUT2D eigenvalue weighted by atomic mass is 15.1. The Hall–Kier alpha value is -2.88. The Morgan fingerprint density at radius 3 is 2.67 bits per heavy atom. The van der Waals surface area contributed by atoms with Crippen LogP contribution in [0, 0.1) is 0 Å². The molecule has 0 amide bonds. The molecule has 21 heavy (non-hydrogen) atoms. The van der Waals surface area contributed by atoms with E-state index in [0.29, 0.717) is 22.8 Å². The molecule has 4 nitrogen and oxygen atoms in total. The monoisotopic (exact) mass is 278 g/mol. The predicted octanol–water partition coefficient (Wildman–Crippen LogP) is 4.73. The molecule has 0 saturated carbocycles. The second kappa shape index (κ2) is 6.52. The zero-order chi connectivity index (χ0) is 15.2. The fourth-order valence-corrected chi connectivity index (χ4v) is 1.95. The van der Waals surface area contributed by atoms with E-state index < -0.39 is 0 Å². The fraction of sp³-hybridized carbons (Fsp3) is 0.0588. The standard InChI is InChI=1S/C17H18N4/c1-3-4-5-7-12(2)20-21-16-11-10-14(18)13-8-6-9-15(19)17(13)16/h3-11H,2,18-19H2,1H3/b4-3-,7-5-,21-20?. The number of allylic oxidation sites excluding steroid dienone is 4. The number of hydrogen-bond acceptors (Lipinski definition) is 4. The van der Waals surface area contributed by atoms with Gasteiger partial charge in [0.1, 0.15) is 0 Å². The van der Waals surface area contributed by atoms with Crippen LogP contribution in [0.15, 0.2) is 77.1 Å². The van der Waals surface area contributed by atoms with Crippen LogP contribution >= 0.6 is 0 Å². The van der Waals surface area contributed by atoms with Crippen LogP contribution in [0.3, 0.4) is 0 Å². The number of anilines is 2. The third kappa shape index (κ3) is 3.36. The molecule has 0 fully saturated rings. The number of nitrogens with zero attached hydrogens (tertiary/aromatic N) is 2. The van der Waals surface area contributed by atoms with Gasteiger partial charge in [0.05, 0.1) is 11.4 Å². The first-order valence-corrected chi connectivity index (χ1v) is 6.60.